The van der Waals surface area contributed by atoms with Gasteiger partial charge in [-0.1, -0.05) is 27.0 Å². The molecule has 2 aliphatic carbocycles. The summed E-state index contributed by atoms with van der Waals surface area (Å²) in [5, 5.41) is 17.6. The number of aryl methyl sites for hydroxylation is 2. The summed E-state index contributed by atoms with van der Waals surface area (Å²) in [5.41, 5.74) is 9.44. The molecule has 0 saturated heterocycles. The maximum Gasteiger partial charge on any atom is 0.123 e. The van der Waals surface area contributed by atoms with Gasteiger partial charge >= 0.3 is 0 Å². The molecule has 0 amide bonds. The number of ether oxygens (including phenoxy) is 2. The molecule has 4 heteroatoms. The molecular weight excluding hydrogens is 396 g/mol. The van der Waals surface area contributed by atoms with E-state index in [-0.39, 0.29) is 14.9 Å². The molecule has 4 nitrogen and oxygen atoms in total. The zero-order valence-electron chi connectivity index (χ0n) is 17.0. The van der Waals surface area contributed by atoms with Gasteiger partial charge in [0.25, 0.3) is 0 Å². The quantitative estimate of drug-likeness (QED) is 0.499. The van der Waals surface area contributed by atoms with Crippen LogP contribution in [0, 0.1) is 22.7 Å². The second-order valence-corrected chi connectivity index (χ2v) is 8.28. The lowest BCUT2D eigenvalue weighted by Crippen LogP contribution is -1.96. The van der Waals surface area contributed by atoms with Crippen LogP contribution in [0.3, 0.4) is 0 Å². The van der Waals surface area contributed by atoms with Crippen molar-refractivity contribution in [2.24, 2.45) is 0 Å². The molecule has 166 valence electrons. The molecule has 32 heavy (non-hydrogen) atoms. The minimum absolute atomic E-state index is 0. The van der Waals surface area contributed by atoms with E-state index in [4.69, 9.17) is 20.0 Å². The highest BCUT2D eigenvalue weighted by Crippen LogP contribution is 2.43. The summed E-state index contributed by atoms with van der Waals surface area (Å²) in [6.07, 6.45) is 8.69. The van der Waals surface area contributed by atoms with E-state index in [1.807, 2.05) is 0 Å². The summed E-state index contributed by atoms with van der Waals surface area (Å²) in [4.78, 5) is 0. The van der Waals surface area contributed by atoms with Crippen LogP contribution in [0.1, 0.15) is 73.4 Å². The molecule has 0 fully saturated rings. The Balaban J connectivity index is 0.000000170. The SMILES string of the molecule is C.C.N#C/C=C1\CCc2ccc3c(c21)CCO3.N#CC[C@@H]1CCc2ccc3c(c21)CCO3. The number of hydrogen-bond acceptors (Lipinski definition) is 4. The summed E-state index contributed by atoms with van der Waals surface area (Å²) >= 11 is 0. The van der Waals surface area contributed by atoms with E-state index >= 15 is 0 Å². The second kappa shape index (κ2) is 9.92. The fourth-order valence-corrected chi connectivity index (χ4v) is 5.41. The Morgan fingerprint density at radius 1 is 0.844 bits per heavy atom. The van der Waals surface area contributed by atoms with E-state index in [1.165, 1.54) is 39.0 Å². The van der Waals surface area contributed by atoms with E-state index < -0.39 is 0 Å². The zero-order chi connectivity index (χ0) is 20.5. The number of nitrogens with zero attached hydrogens (tertiary/aromatic N) is 2. The van der Waals surface area contributed by atoms with Crippen molar-refractivity contribution in [3.05, 3.63) is 63.7 Å². The van der Waals surface area contributed by atoms with Gasteiger partial charge in [-0.05, 0) is 71.6 Å². The molecule has 0 saturated carbocycles. The van der Waals surface area contributed by atoms with Gasteiger partial charge in [-0.15, -0.1) is 0 Å². The Morgan fingerprint density at radius 2 is 1.53 bits per heavy atom. The van der Waals surface area contributed by atoms with Crippen molar-refractivity contribution in [2.75, 3.05) is 13.2 Å². The highest BCUT2D eigenvalue weighted by atomic mass is 16.5. The fraction of sp³-hybridized carbons (Fsp3) is 0.429. The van der Waals surface area contributed by atoms with Gasteiger partial charge in [0.1, 0.15) is 11.5 Å². The van der Waals surface area contributed by atoms with Crippen molar-refractivity contribution >= 4 is 5.57 Å². The van der Waals surface area contributed by atoms with Crippen LogP contribution in [0.5, 0.6) is 11.5 Å². The first-order valence-electron chi connectivity index (χ1n) is 10.8. The lowest BCUT2D eigenvalue weighted by atomic mass is 9.92. The van der Waals surface area contributed by atoms with Gasteiger partial charge < -0.3 is 9.47 Å². The molecule has 2 aromatic carbocycles. The third-order valence-electron chi connectivity index (χ3n) is 6.71. The lowest BCUT2D eigenvalue weighted by molar-refractivity contribution is 0.356. The summed E-state index contributed by atoms with van der Waals surface area (Å²) in [6.45, 7) is 1.59. The van der Waals surface area contributed by atoms with E-state index in [1.54, 1.807) is 6.08 Å². The third-order valence-corrected chi connectivity index (χ3v) is 6.71. The highest BCUT2D eigenvalue weighted by molar-refractivity contribution is 5.78. The van der Waals surface area contributed by atoms with Crippen molar-refractivity contribution in [3.8, 4) is 23.6 Å². The van der Waals surface area contributed by atoms with Gasteiger partial charge in [0.15, 0.2) is 0 Å². The Labute approximate surface area is 192 Å². The molecular formula is C28H32N2O2. The molecule has 0 aromatic heterocycles. The van der Waals surface area contributed by atoms with Crippen LogP contribution in [-0.4, -0.2) is 13.2 Å². The third kappa shape index (κ3) is 3.98. The Morgan fingerprint density at radius 3 is 2.25 bits per heavy atom. The van der Waals surface area contributed by atoms with E-state index in [2.05, 4.69) is 36.4 Å². The van der Waals surface area contributed by atoms with Crippen LogP contribution >= 0.6 is 0 Å². The maximum atomic E-state index is 8.82. The van der Waals surface area contributed by atoms with Crippen LogP contribution < -0.4 is 9.47 Å². The van der Waals surface area contributed by atoms with Gasteiger partial charge in [-0.25, -0.2) is 0 Å². The molecule has 2 aromatic rings. The minimum atomic E-state index is 0. The molecule has 0 bridgehead atoms. The van der Waals surface area contributed by atoms with Gasteiger partial charge in [0, 0.05) is 36.5 Å². The molecule has 0 unspecified atom stereocenters. The number of hydrogen-bond donors (Lipinski definition) is 0. The van der Waals surface area contributed by atoms with Gasteiger partial charge in [0.05, 0.1) is 25.4 Å². The van der Waals surface area contributed by atoms with Crippen LogP contribution in [0.25, 0.3) is 5.57 Å². The molecule has 0 radical (unpaired) electrons. The maximum absolute atomic E-state index is 8.82. The molecule has 4 aliphatic rings. The Kier molecular flexibility index (Phi) is 7.26. The topological polar surface area (TPSA) is 66.0 Å². The second-order valence-electron chi connectivity index (χ2n) is 8.28. The summed E-state index contributed by atoms with van der Waals surface area (Å²) in [5.74, 6) is 2.53. The predicted octanol–water partition coefficient (Wildman–Crippen LogP) is 6.31. The number of fused-ring (bicyclic) bond motifs is 6. The van der Waals surface area contributed by atoms with Gasteiger partial charge in [-0.2, -0.15) is 10.5 Å². The molecule has 0 spiro atoms. The minimum Gasteiger partial charge on any atom is -0.493 e. The fourth-order valence-electron chi connectivity index (χ4n) is 5.41. The number of rotatable bonds is 1. The Bertz CT molecular complexity index is 1120. The smallest absolute Gasteiger partial charge is 0.123 e. The normalized spacial score (nSPS) is 19.3. The van der Waals surface area contributed by atoms with Crippen molar-refractivity contribution in [2.45, 2.75) is 65.7 Å². The zero-order valence-corrected chi connectivity index (χ0v) is 17.0. The number of benzene rings is 2. The van der Waals surface area contributed by atoms with E-state index in [9.17, 15) is 0 Å². The molecule has 1 atom stereocenters. The summed E-state index contributed by atoms with van der Waals surface area (Å²) in [7, 11) is 0. The van der Waals surface area contributed by atoms with E-state index in [0.29, 0.717) is 12.3 Å². The highest BCUT2D eigenvalue weighted by Gasteiger charge is 2.29. The van der Waals surface area contributed by atoms with Gasteiger partial charge in [-0.3, -0.25) is 0 Å². The lowest BCUT2D eigenvalue weighted by Gasteiger charge is -2.11. The van der Waals surface area contributed by atoms with Crippen LogP contribution in [0.4, 0.5) is 0 Å². The van der Waals surface area contributed by atoms with Crippen LogP contribution in [0.15, 0.2) is 30.3 Å². The van der Waals surface area contributed by atoms with Crippen molar-refractivity contribution in [1.29, 1.82) is 10.5 Å². The monoisotopic (exact) mass is 428 g/mol. The summed E-state index contributed by atoms with van der Waals surface area (Å²) in [6, 6.07) is 12.9. The molecule has 2 heterocycles. The van der Waals surface area contributed by atoms with E-state index in [0.717, 1.165) is 63.2 Å². The van der Waals surface area contributed by atoms with Crippen LogP contribution in [-0.2, 0) is 25.7 Å². The first-order valence-corrected chi connectivity index (χ1v) is 10.8. The number of allylic oxidation sites excluding steroid dienone is 2. The van der Waals surface area contributed by atoms with Crippen molar-refractivity contribution in [3.63, 3.8) is 0 Å². The van der Waals surface area contributed by atoms with Crippen molar-refractivity contribution < 1.29 is 9.47 Å². The molecule has 2 aliphatic heterocycles. The van der Waals surface area contributed by atoms with Crippen LogP contribution in [0.2, 0.25) is 0 Å². The number of nitriles is 2. The standard InChI is InChI=1S/C13H13NO.C13H11NO.2CH4/c2*14-7-5-10-2-1-9-3-4-12-11(13(9)10)6-8-15-12;;/h3-4,10H,1-2,5-6,8H2;3-5H,1-2,6,8H2;2*1H4/b;10-5+;;/t10-;;;/m0.../s1. The molecule has 6 rings (SSSR count). The average Bonchev–Trinajstić information content (AvgIpc) is 3.54. The van der Waals surface area contributed by atoms with Gasteiger partial charge in [0.2, 0.25) is 0 Å². The first kappa shape index (κ1) is 23.4. The predicted molar refractivity (Wildman–Crippen MR) is 128 cm³/mol. The average molecular weight is 429 g/mol. The summed E-state index contributed by atoms with van der Waals surface area (Å²) < 4.78 is 11.1. The Hall–Kier alpha value is -3.24. The first-order chi connectivity index (χ1) is 14.8. The molecule has 0 N–H and O–H groups in total. The van der Waals surface area contributed by atoms with Crippen molar-refractivity contribution in [1.82, 2.24) is 0 Å². The largest absolute Gasteiger partial charge is 0.493 e.